The minimum Gasteiger partial charge on any atom is -0.405 e. The van der Waals surface area contributed by atoms with E-state index in [1.54, 1.807) is 34.7 Å². The van der Waals surface area contributed by atoms with Crippen LogP contribution in [0.4, 0.5) is 18.9 Å². The van der Waals surface area contributed by atoms with Crippen molar-refractivity contribution in [2.75, 3.05) is 5.32 Å². The predicted molar refractivity (Wildman–Crippen MR) is 76.5 cm³/mol. The van der Waals surface area contributed by atoms with Gasteiger partial charge in [0.25, 0.3) is 0 Å². The Hall–Kier alpha value is -1.46. The first kappa shape index (κ1) is 16.6. The van der Waals surface area contributed by atoms with Crippen LogP contribution in [-0.2, 0) is 0 Å². The first-order valence-electron chi connectivity index (χ1n) is 4.78. The van der Waals surface area contributed by atoms with Crippen LogP contribution in [0.25, 0.3) is 0 Å². The molecule has 0 saturated carbocycles. The van der Waals surface area contributed by atoms with E-state index in [2.05, 4.69) is 26.0 Å². The molecule has 1 N–H and O–H groups in total. The van der Waals surface area contributed by atoms with Gasteiger partial charge in [-0.05, 0) is 50.7 Å². The zero-order valence-corrected chi connectivity index (χ0v) is 13.2. The molecule has 1 aromatic carbocycles. The highest BCUT2D eigenvalue weighted by molar-refractivity contribution is 14.1. The van der Waals surface area contributed by atoms with Crippen molar-refractivity contribution in [1.82, 2.24) is 0 Å². The van der Waals surface area contributed by atoms with Crippen molar-refractivity contribution in [2.24, 2.45) is 0 Å². The topological polar surface area (TPSA) is 68.8 Å². The van der Waals surface area contributed by atoms with Gasteiger partial charge in [0.15, 0.2) is 0 Å². The Bertz CT molecular complexity index is 616. The van der Waals surface area contributed by atoms with E-state index in [-0.39, 0.29) is 15.8 Å². The second-order valence-corrected chi connectivity index (χ2v) is 5.25. The summed E-state index contributed by atoms with van der Waals surface area (Å²) in [6, 6.07) is 5.82. The van der Waals surface area contributed by atoms with Gasteiger partial charge in [-0.2, -0.15) is 10.5 Å². The molecule has 0 bridgehead atoms. The van der Waals surface area contributed by atoms with Gasteiger partial charge in [0, 0.05) is 9.77 Å². The smallest absolute Gasteiger partial charge is 0.405 e. The predicted octanol–water partition coefficient (Wildman–Crippen LogP) is 4.30. The Morgan fingerprint density at radius 2 is 1.95 bits per heavy atom. The van der Waals surface area contributed by atoms with E-state index < -0.39 is 6.36 Å². The fourth-order valence-corrected chi connectivity index (χ4v) is 2.10. The van der Waals surface area contributed by atoms with E-state index in [0.29, 0.717) is 9.26 Å². The highest BCUT2D eigenvalue weighted by Crippen LogP contribution is 2.35. The van der Waals surface area contributed by atoms with Crippen LogP contribution < -0.4 is 10.1 Å². The number of halogens is 5. The van der Waals surface area contributed by atoms with E-state index in [0.717, 1.165) is 6.20 Å². The summed E-state index contributed by atoms with van der Waals surface area (Å²) in [5.41, 5.74) is 0.266. The molecule has 0 aliphatic heterocycles. The number of hydrogen-bond donors (Lipinski definition) is 1. The molecule has 0 unspecified atom stereocenters. The van der Waals surface area contributed by atoms with Gasteiger partial charge >= 0.3 is 6.36 Å². The summed E-state index contributed by atoms with van der Waals surface area (Å²) in [7, 11) is 0. The van der Waals surface area contributed by atoms with Gasteiger partial charge in [-0.3, -0.25) is 0 Å². The van der Waals surface area contributed by atoms with Crippen LogP contribution in [0.1, 0.15) is 0 Å². The summed E-state index contributed by atoms with van der Waals surface area (Å²) < 4.78 is 40.8. The SMILES string of the molecule is N#CC(C#N)=CNc1cc(Br)c(OC(F)(F)F)cc1I. The summed E-state index contributed by atoms with van der Waals surface area (Å²) in [6.07, 6.45) is -3.62. The van der Waals surface area contributed by atoms with Crippen LogP contribution in [0.5, 0.6) is 5.75 Å². The highest BCUT2D eigenvalue weighted by atomic mass is 127. The summed E-state index contributed by atoms with van der Waals surface area (Å²) in [5, 5.41) is 19.8. The number of benzene rings is 1. The van der Waals surface area contributed by atoms with Gasteiger partial charge < -0.3 is 10.1 Å². The second kappa shape index (κ2) is 6.81. The third-order valence-corrected chi connectivity index (χ3v) is 3.37. The molecule has 104 valence electrons. The lowest BCUT2D eigenvalue weighted by molar-refractivity contribution is -0.274. The number of alkyl halides is 3. The second-order valence-electron chi connectivity index (χ2n) is 3.24. The highest BCUT2D eigenvalue weighted by Gasteiger charge is 2.32. The maximum absolute atomic E-state index is 12.2. The fourth-order valence-electron chi connectivity index (χ4n) is 1.08. The Labute approximate surface area is 134 Å². The number of hydrogen-bond acceptors (Lipinski definition) is 4. The maximum Gasteiger partial charge on any atom is 0.573 e. The van der Waals surface area contributed by atoms with Gasteiger partial charge in [0.2, 0.25) is 0 Å². The lowest BCUT2D eigenvalue weighted by Gasteiger charge is -2.13. The molecular weight excluding hydrogens is 454 g/mol. The maximum atomic E-state index is 12.2. The molecule has 0 saturated heterocycles. The van der Waals surface area contributed by atoms with Gasteiger partial charge in [-0.15, -0.1) is 13.2 Å². The van der Waals surface area contributed by atoms with Crippen molar-refractivity contribution in [2.45, 2.75) is 6.36 Å². The Morgan fingerprint density at radius 1 is 1.35 bits per heavy atom. The zero-order chi connectivity index (χ0) is 15.3. The molecule has 0 atom stereocenters. The number of nitriles is 2. The van der Waals surface area contributed by atoms with Crippen LogP contribution in [0.15, 0.2) is 28.4 Å². The molecule has 0 spiro atoms. The number of nitrogens with one attached hydrogen (secondary N) is 1. The van der Waals surface area contributed by atoms with Crippen LogP contribution in [0.3, 0.4) is 0 Å². The fraction of sp³-hybridized carbons (Fsp3) is 0.0909. The molecule has 0 heterocycles. The first-order chi connectivity index (χ1) is 9.26. The minimum absolute atomic E-state index is 0.0848. The van der Waals surface area contributed by atoms with Gasteiger partial charge in [0.1, 0.15) is 23.5 Å². The summed E-state index contributed by atoms with van der Waals surface area (Å²) in [5.74, 6) is -0.378. The first-order valence-corrected chi connectivity index (χ1v) is 6.65. The number of nitrogens with zero attached hydrogens (tertiary/aromatic N) is 2. The zero-order valence-electron chi connectivity index (χ0n) is 9.42. The number of allylic oxidation sites excluding steroid dienone is 1. The lowest BCUT2D eigenvalue weighted by atomic mass is 10.3. The average molecular weight is 458 g/mol. The van der Waals surface area contributed by atoms with E-state index >= 15 is 0 Å². The molecule has 0 aliphatic carbocycles. The minimum atomic E-state index is -4.78. The molecule has 9 heteroatoms. The van der Waals surface area contributed by atoms with E-state index in [9.17, 15) is 13.2 Å². The molecule has 0 fully saturated rings. The molecule has 1 rings (SSSR count). The molecule has 20 heavy (non-hydrogen) atoms. The van der Waals surface area contributed by atoms with Crippen molar-refractivity contribution < 1.29 is 17.9 Å². The molecule has 0 radical (unpaired) electrons. The molecule has 4 nitrogen and oxygen atoms in total. The van der Waals surface area contributed by atoms with Crippen LogP contribution in [0.2, 0.25) is 0 Å². The normalized spacial score (nSPS) is 10.2. The van der Waals surface area contributed by atoms with Crippen molar-refractivity contribution in [3.8, 4) is 17.9 Å². The largest absolute Gasteiger partial charge is 0.573 e. The van der Waals surface area contributed by atoms with E-state index in [1.165, 1.54) is 12.1 Å². The third kappa shape index (κ3) is 4.90. The van der Waals surface area contributed by atoms with Gasteiger partial charge in [-0.25, -0.2) is 0 Å². The van der Waals surface area contributed by atoms with Crippen molar-refractivity contribution in [3.05, 3.63) is 31.9 Å². The summed E-state index contributed by atoms with van der Waals surface area (Å²) in [4.78, 5) is 0. The van der Waals surface area contributed by atoms with Crippen molar-refractivity contribution in [3.63, 3.8) is 0 Å². The molecule has 1 aromatic rings. The van der Waals surface area contributed by atoms with Crippen LogP contribution in [-0.4, -0.2) is 6.36 Å². The quantitative estimate of drug-likeness (QED) is 0.543. The summed E-state index contributed by atoms with van der Waals surface area (Å²) >= 11 is 4.76. The Kier molecular flexibility index (Phi) is 5.65. The number of rotatable bonds is 3. The van der Waals surface area contributed by atoms with Crippen molar-refractivity contribution in [1.29, 1.82) is 10.5 Å². The number of anilines is 1. The number of ether oxygens (including phenoxy) is 1. The molecule has 0 aromatic heterocycles. The molecule has 0 amide bonds. The van der Waals surface area contributed by atoms with Crippen LogP contribution >= 0.6 is 38.5 Å². The monoisotopic (exact) mass is 457 g/mol. The lowest BCUT2D eigenvalue weighted by Crippen LogP contribution is -2.17. The van der Waals surface area contributed by atoms with Gasteiger partial charge in [-0.1, -0.05) is 0 Å². The van der Waals surface area contributed by atoms with E-state index in [4.69, 9.17) is 10.5 Å². The van der Waals surface area contributed by atoms with Crippen molar-refractivity contribution >= 4 is 44.2 Å². The van der Waals surface area contributed by atoms with E-state index in [1.807, 2.05) is 0 Å². The third-order valence-electron chi connectivity index (χ3n) is 1.86. The summed E-state index contributed by atoms with van der Waals surface area (Å²) in [6.45, 7) is 0. The molecular formula is C11H4BrF3IN3O. The Balaban J connectivity index is 3.04. The molecule has 0 aliphatic rings. The van der Waals surface area contributed by atoms with Crippen LogP contribution in [0, 0.1) is 26.2 Å². The Morgan fingerprint density at radius 3 is 2.45 bits per heavy atom. The standard InChI is InChI=1S/C11H4BrF3IN3O/c12-7-1-9(19-5-6(3-17)4-18)8(16)2-10(7)20-11(13,14)15/h1-2,5,19H. The van der Waals surface area contributed by atoms with Gasteiger partial charge in [0.05, 0.1) is 10.2 Å². The average Bonchev–Trinajstić information content (AvgIpc) is 2.34.